The highest BCUT2D eigenvalue weighted by molar-refractivity contribution is 6.76. The van der Waals surface area contributed by atoms with Gasteiger partial charge in [-0.05, 0) is 43.3 Å². The van der Waals surface area contributed by atoms with Gasteiger partial charge in [-0.25, -0.2) is 0 Å². The third-order valence-corrected chi connectivity index (χ3v) is 15.1. The zero-order chi connectivity index (χ0) is 19.9. The van der Waals surface area contributed by atoms with E-state index >= 15 is 0 Å². The van der Waals surface area contributed by atoms with Crippen LogP contribution < -0.4 is 0 Å². The molecule has 1 atom stereocenters. The van der Waals surface area contributed by atoms with Crippen molar-refractivity contribution in [1.82, 2.24) is 0 Å². The molecule has 2 fully saturated rings. The number of hydrogen-bond donors (Lipinski definition) is 0. The molecule has 0 N–H and O–H groups in total. The molecule has 2 rings (SSSR count). The molecule has 0 heterocycles. The van der Waals surface area contributed by atoms with Gasteiger partial charge in [0.15, 0.2) is 0 Å². The zero-order valence-electron chi connectivity index (χ0n) is 18.1. The Morgan fingerprint density at radius 3 is 1.63 bits per heavy atom. The molecule has 0 saturated heterocycles. The molecule has 7 heteroatoms. The number of rotatable bonds is 9. The van der Waals surface area contributed by atoms with E-state index < -0.39 is 17.1 Å². The van der Waals surface area contributed by atoms with Gasteiger partial charge in [0.1, 0.15) is 0 Å². The van der Waals surface area contributed by atoms with Crippen LogP contribution in [0.4, 0.5) is 0 Å². The first-order chi connectivity index (χ1) is 12.9. The van der Waals surface area contributed by atoms with Crippen LogP contribution in [0.25, 0.3) is 0 Å². The van der Waals surface area contributed by atoms with Gasteiger partial charge < -0.3 is 17.7 Å². The lowest BCUT2D eigenvalue weighted by molar-refractivity contribution is -0.139. The fourth-order valence-electron chi connectivity index (χ4n) is 5.13. The Morgan fingerprint density at radius 1 is 0.852 bits per heavy atom. The molecule has 27 heavy (non-hydrogen) atoms. The van der Waals surface area contributed by atoms with Crippen LogP contribution in [0.1, 0.15) is 71.1 Å². The summed E-state index contributed by atoms with van der Waals surface area (Å²) in [7, 11) is -0.127. The maximum absolute atomic E-state index is 13.1. The Morgan fingerprint density at radius 2 is 1.26 bits per heavy atom. The summed E-state index contributed by atoms with van der Waals surface area (Å²) in [5.74, 6) is -0.334. The van der Waals surface area contributed by atoms with Crippen LogP contribution in [-0.4, -0.2) is 44.4 Å². The molecule has 0 spiro atoms. The molecule has 2 aliphatic carbocycles. The van der Waals surface area contributed by atoms with Crippen molar-refractivity contribution in [3.05, 3.63) is 0 Å². The normalized spacial score (nSPS) is 21.8. The van der Waals surface area contributed by atoms with E-state index in [1.54, 1.807) is 21.3 Å². The summed E-state index contributed by atoms with van der Waals surface area (Å²) in [4.78, 5) is 13.1. The summed E-state index contributed by atoms with van der Waals surface area (Å²) in [5, 5.41) is 0. The largest absolute Gasteiger partial charge is 0.519 e. The number of carbonyl (C=O) groups is 1. The van der Waals surface area contributed by atoms with Gasteiger partial charge >= 0.3 is 8.80 Å². The summed E-state index contributed by atoms with van der Waals surface area (Å²) in [5.41, 5.74) is 1.25. The summed E-state index contributed by atoms with van der Waals surface area (Å²) in [6, 6.07) is 0.467. The van der Waals surface area contributed by atoms with Crippen molar-refractivity contribution in [3.8, 4) is 0 Å². The summed E-state index contributed by atoms with van der Waals surface area (Å²) in [6.45, 7) is 4.29. The molecule has 1 unspecified atom stereocenters. The minimum atomic E-state index is -2.78. The minimum Gasteiger partial charge on any atom is -0.519 e. The highest BCUT2D eigenvalue weighted by atomic mass is 28.4. The van der Waals surface area contributed by atoms with Crippen molar-refractivity contribution in [3.63, 3.8) is 0 Å². The van der Waals surface area contributed by atoms with E-state index in [1.807, 2.05) is 6.92 Å². The number of carbonyl (C=O) groups excluding carboxylic acids is 1. The Bertz CT molecular complexity index is 431. The fraction of sp³-hybridized carbons (Fsp3) is 0.950. The Hall–Kier alpha value is -0.216. The van der Waals surface area contributed by atoms with Crippen molar-refractivity contribution in [1.29, 1.82) is 0 Å². The average molecular weight is 417 g/mol. The van der Waals surface area contributed by atoms with Gasteiger partial charge in [-0.1, -0.05) is 45.4 Å². The highest BCUT2D eigenvalue weighted by Crippen LogP contribution is 2.49. The van der Waals surface area contributed by atoms with Gasteiger partial charge in [0.25, 0.3) is 14.3 Å². The van der Waals surface area contributed by atoms with Crippen molar-refractivity contribution in [2.24, 2.45) is 5.92 Å². The fourth-order valence-corrected chi connectivity index (χ4v) is 11.8. The van der Waals surface area contributed by atoms with E-state index in [-0.39, 0.29) is 11.9 Å². The molecule has 2 saturated carbocycles. The first-order valence-electron chi connectivity index (χ1n) is 10.8. The first kappa shape index (κ1) is 23.1. The maximum atomic E-state index is 13.1. The summed E-state index contributed by atoms with van der Waals surface area (Å²) < 4.78 is 23.1. The van der Waals surface area contributed by atoms with Crippen LogP contribution in [0.5, 0.6) is 0 Å². The SMILES string of the molecule is CO[Si](CC(C)C(=O)O[Si](C)(C1CCCCC1)C1CCCCC1)(OC)OC. The second kappa shape index (κ2) is 10.5. The Kier molecular flexibility index (Phi) is 8.99. The van der Waals surface area contributed by atoms with Gasteiger partial charge in [-0.15, -0.1) is 0 Å². The van der Waals surface area contributed by atoms with Crippen LogP contribution >= 0.6 is 0 Å². The molecule has 0 bridgehead atoms. The molecule has 0 aromatic carbocycles. The van der Waals surface area contributed by atoms with Crippen molar-refractivity contribution >= 4 is 23.1 Å². The third kappa shape index (κ3) is 5.66. The van der Waals surface area contributed by atoms with E-state index in [9.17, 15) is 4.79 Å². The molecule has 158 valence electrons. The molecular formula is C20H40O5Si2. The van der Waals surface area contributed by atoms with E-state index in [4.69, 9.17) is 17.7 Å². The Labute approximate surface area is 168 Å². The van der Waals surface area contributed by atoms with Crippen LogP contribution in [0, 0.1) is 5.92 Å². The van der Waals surface area contributed by atoms with Crippen LogP contribution in [-0.2, 0) is 22.5 Å². The minimum absolute atomic E-state index is 0.0664. The predicted molar refractivity (Wildman–Crippen MR) is 112 cm³/mol. The van der Waals surface area contributed by atoms with E-state index in [0.717, 1.165) is 0 Å². The summed E-state index contributed by atoms with van der Waals surface area (Å²) >= 11 is 0. The van der Waals surface area contributed by atoms with Crippen LogP contribution in [0.3, 0.4) is 0 Å². The number of hydrogen-bond acceptors (Lipinski definition) is 5. The van der Waals surface area contributed by atoms with Gasteiger partial charge in [0.2, 0.25) is 0 Å². The van der Waals surface area contributed by atoms with Crippen molar-refractivity contribution in [2.45, 2.75) is 94.8 Å². The molecule has 2 aliphatic rings. The smallest absolute Gasteiger partial charge is 0.501 e. The van der Waals surface area contributed by atoms with E-state index in [1.165, 1.54) is 64.2 Å². The molecule has 0 aromatic heterocycles. The van der Waals surface area contributed by atoms with Crippen molar-refractivity contribution < 1.29 is 22.5 Å². The average Bonchev–Trinajstić information content (AvgIpc) is 2.73. The molecule has 0 radical (unpaired) electrons. The van der Waals surface area contributed by atoms with Crippen LogP contribution in [0.2, 0.25) is 23.7 Å². The lowest BCUT2D eigenvalue weighted by atomic mass is 9.99. The lowest BCUT2D eigenvalue weighted by Crippen LogP contribution is -2.50. The Balaban J connectivity index is 2.12. The molecule has 0 amide bonds. The monoisotopic (exact) mass is 416 g/mol. The molecule has 5 nitrogen and oxygen atoms in total. The van der Waals surface area contributed by atoms with Gasteiger partial charge in [0.05, 0.1) is 5.92 Å². The highest BCUT2D eigenvalue weighted by Gasteiger charge is 2.50. The van der Waals surface area contributed by atoms with E-state index in [2.05, 4.69) is 6.55 Å². The van der Waals surface area contributed by atoms with E-state index in [0.29, 0.717) is 17.1 Å². The van der Waals surface area contributed by atoms with Gasteiger partial charge in [-0.3, -0.25) is 4.79 Å². The molecular weight excluding hydrogens is 376 g/mol. The lowest BCUT2D eigenvalue weighted by Gasteiger charge is -2.44. The quantitative estimate of drug-likeness (QED) is 0.478. The van der Waals surface area contributed by atoms with Gasteiger partial charge in [0, 0.05) is 27.4 Å². The molecule has 0 aromatic rings. The zero-order valence-corrected chi connectivity index (χ0v) is 20.1. The first-order valence-corrected chi connectivity index (χ1v) is 15.3. The summed E-state index contributed by atoms with van der Waals surface area (Å²) in [6.07, 6.45) is 12.8. The van der Waals surface area contributed by atoms with Crippen molar-refractivity contribution in [2.75, 3.05) is 21.3 Å². The standard InChI is InChI=1S/C20H40O5Si2/c1-17(16-27(22-2,23-3)24-4)20(21)25-26(5,18-12-8-6-9-13-18)19-14-10-7-11-15-19/h17-19H,6-16H2,1-5H3. The predicted octanol–water partition coefficient (Wildman–Crippen LogP) is 5.29. The van der Waals surface area contributed by atoms with Crippen LogP contribution in [0.15, 0.2) is 0 Å². The molecule has 0 aliphatic heterocycles. The third-order valence-electron chi connectivity index (χ3n) is 7.04. The second-order valence-electron chi connectivity index (χ2n) is 8.68. The second-order valence-corrected chi connectivity index (χ2v) is 15.9. The van der Waals surface area contributed by atoms with Gasteiger partial charge in [-0.2, -0.15) is 0 Å². The topological polar surface area (TPSA) is 54.0 Å². The maximum Gasteiger partial charge on any atom is 0.501 e.